The van der Waals surface area contributed by atoms with Crippen molar-refractivity contribution in [2.75, 3.05) is 13.1 Å². The average Bonchev–Trinajstić information content (AvgIpc) is 3.37. The topological polar surface area (TPSA) is 47.4 Å². The lowest BCUT2D eigenvalue weighted by Crippen LogP contribution is -2.42. The van der Waals surface area contributed by atoms with E-state index in [9.17, 15) is 4.79 Å². The highest BCUT2D eigenvalue weighted by Crippen LogP contribution is 2.42. The summed E-state index contributed by atoms with van der Waals surface area (Å²) in [7, 11) is 0. The van der Waals surface area contributed by atoms with Gasteiger partial charge in [0.15, 0.2) is 0 Å². The summed E-state index contributed by atoms with van der Waals surface area (Å²) in [5.41, 5.74) is 7.12. The number of piperidine rings is 1. The standard InChI is InChI=1S/C26H29N3O2/c1-26(2,3)31-25(30)28-14-10-20(11-15-28)29-13-9-19(17-29)22-8-12-27-23-16-18-6-4-5-7-21(18)24(22)23/h4-9,12-13,17,20H,10-11,14-16H2,1-3H3. The highest BCUT2D eigenvalue weighted by atomic mass is 16.6. The predicted molar refractivity (Wildman–Crippen MR) is 122 cm³/mol. The fraction of sp³-hybridized carbons (Fsp3) is 0.385. The third-order valence-corrected chi connectivity index (χ3v) is 6.24. The van der Waals surface area contributed by atoms with Gasteiger partial charge in [0, 0.05) is 55.3 Å². The molecule has 0 bridgehead atoms. The molecule has 160 valence electrons. The molecular formula is C26H29N3O2. The van der Waals surface area contributed by atoms with Gasteiger partial charge in [0.2, 0.25) is 0 Å². The van der Waals surface area contributed by atoms with Crippen molar-refractivity contribution in [3.63, 3.8) is 0 Å². The molecule has 3 heterocycles. The second kappa shape index (κ2) is 7.56. The fourth-order valence-corrected chi connectivity index (χ4v) is 4.75. The molecule has 31 heavy (non-hydrogen) atoms. The van der Waals surface area contributed by atoms with Crippen LogP contribution in [0.25, 0.3) is 22.3 Å². The number of carbonyl (C=O) groups is 1. The molecule has 5 heteroatoms. The van der Waals surface area contributed by atoms with Crippen LogP contribution >= 0.6 is 0 Å². The summed E-state index contributed by atoms with van der Waals surface area (Å²) in [6.45, 7) is 7.18. The van der Waals surface area contributed by atoms with Crippen molar-refractivity contribution in [1.82, 2.24) is 14.5 Å². The van der Waals surface area contributed by atoms with Crippen molar-refractivity contribution in [3.05, 3.63) is 66.2 Å². The van der Waals surface area contributed by atoms with E-state index >= 15 is 0 Å². The summed E-state index contributed by atoms with van der Waals surface area (Å²) in [6.07, 6.45) is 8.93. The number of pyridine rings is 1. The van der Waals surface area contributed by atoms with Gasteiger partial charge in [0.25, 0.3) is 0 Å². The normalized spacial score (nSPS) is 16.2. The van der Waals surface area contributed by atoms with Crippen LogP contribution in [0, 0.1) is 0 Å². The summed E-state index contributed by atoms with van der Waals surface area (Å²) in [5.74, 6) is 0. The molecule has 1 aliphatic carbocycles. The van der Waals surface area contributed by atoms with Gasteiger partial charge in [-0.2, -0.15) is 0 Å². The smallest absolute Gasteiger partial charge is 0.410 e. The Hall–Kier alpha value is -3.08. The third kappa shape index (κ3) is 3.85. The van der Waals surface area contributed by atoms with E-state index in [4.69, 9.17) is 4.74 Å². The van der Waals surface area contributed by atoms with Gasteiger partial charge in [-0.1, -0.05) is 24.3 Å². The van der Waals surface area contributed by atoms with Gasteiger partial charge in [0.1, 0.15) is 5.60 Å². The van der Waals surface area contributed by atoms with Gasteiger partial charge in [0.05, 0.1) is 5.69 Å². The number of nitrogens with zero attached hydrogens (tertiary/aromatic N) is 3. The summed E-state index contributed by atoms with van der Waals surface area (Å²) in [5, 5.41) is 0. The Morgan fingerprint density at radius 1 is 1.06 bits per heavy atom. The van der Waals surface area contributed by atoms with Crippen LogP contribution in [0.5, 0.6) is 0 Å². The zero-order valence-corrected chi connectivity index (χ0v) is 18.5. The first kappa shape index (κ1) is 19.9. The molecule has 3 aromatic rings. The molecule has 1 saturated heterocycles. The van der Waals surface area contributed by atoms with Gasteiger partial charge >= 0.3 is 6.09 Å². The van der Waals surface area contributed by atoms with Crippen LogP contribution in [0.15, 0.2) is 55.0 Å². The fourth-order valence-electron chi connectivity index (χ4n) is 4.75. The molecule has 0 spiro atoms. The summed E-state index contributed by atoms with van der Waals surface area (Å²) >= 11 is 0. The van der Waals surface area contributed by atoms with Gasteiger partial charge < -0.3 is 14.2 Å². The van der Waals surface area contributed by atoms with Gasteiger partial charge in [-0.25, -0.2) is 4.79 Å². The number of aromatic nitrogens is 2. The second-order valence-corrected chi connectivity index (χ2v) is 9.56. The molecule has 1 aromatic carbocycles. The maximum absolute atomic E-state index is 12.3. The lowest BCUT2D eigenvalue weighted by Gasteiger charge is -2.34. The number of ether oxygens (including phenoxy) is 1. The maximum atomic E-state index is 12.3. The molecule has 2 aliphatic rings. The Balaban J connectivity index is 1.33. The Bertz CT molecular complexity index is 1120. The minimum absolute atomic E-state index is 0.204. The van der Waals surface area contributed by atoms with Crippen LogP contribution in [0.1, 0.15) is 50.9 Å². The van der Waals surface area contributed by atoms with Gasteiger partial charge in [-0.3, -0.25) is 4.98 Å². The Morgan fingerprint density at radius 3 is 2.61 bits per heavy atom. The van der Waals surface area contributed by atoms with E-state index in [2.05, 4.69) is 58.3 Å². The first-order valence-corrected chi connectivity index (χ1v) is 11.1. The highest BCUT2D eigenvalue weighted by molar-refractivity contribution is 5.89. The van der Waals surface area contributed by atoms with E-state index in [0.29, 0.717) is 6.04 Å². The number of hydrogen-bond acceptors (Lipinski definition) is 3. The number of carbonyl (C=O) groups excluding carboxylic acids is 1. The quantitative estimate of drug-likeness (QED) is 0.422. The minimum atomic E-state index is -0.452. The molecule has 0 atom stereocenters. The van der Waals surface area contributed by atoms with Crippen LogP contribution in [-0.4, -0.2) is 39.2 Å². The molecule has 0 radical (unpaired) electrons. The highest BCUT2D eigenvalue weighted by Gasteiger charge is 2.28. The molecule has 1 fully saturated rings. The largest absolute Gasteiger partial charge is 0.444 e. The summed E-state index contributed by atoms with van der Waals surface area (Å²) in [6, 6.07) is 13.3. The van der Waals surface area contributed by atoms with Crippen LogP contribution in [0.3, 0.4) is 0 Å². The Morgan fingerprint density at radius 2 is 1.84 bits per heavy atom. The number of rotatable bonds is 2. The number of likely N-dealkylation sites (tertiary alicyclic amines) is 1. The molecule has 1 amide bonds. The Labute approximate surface area is 183 Å². The van der Waals surface area contributed by atoms with Crippen molar-refractivity contribution < 1.29 is 9.53 Å². The number of hydrogen-bond donors (Lipinski definition) is 0. The molecule has 1 aliphatic heterocycles. The van der Waals surface area contributed by atoms with Crippen molar-refractivity contribution >= 4 is 6.09 Å². The van der Waals surface area contributed by atoms with Crippen molar-refractivity contribution in [2.45, 2.75) is 51.7 Å². The van der Waals surface area contributed by atoms with E-state index in [1.54, 1.807) is 0 Å². The van der Waals surface area contributed by atoms with E-state index in [1.165, 1.54) is 27.8 Å². The summed E-state index contributed by atoms with van der Waals surface area (Å²) in [4.78, 5) is 18.8. The lowest BCUT2D eigenvalue weighted by atomic mass is 9.98. The predicted octanol–water partition coefficient (Wildman–Crippen LogP) is 5.69. The van der Waals surface area contributed by atoms with Gasteiger partial charge in [-0.05, 0) is 62.4 Å². The second-order valence-electron chi connectivity index (χ2n) is 9.56. The first-order valence-electron chi connectivity index (χ1n) is 11.1. The lowest BCUT2D eigenvalue weighted by molar-refractivity contribution is 0.0188. The number of benzene rings is 1. The molecule has 5 nitrogen and oxygen atoms in total. The van der Waals surface area contributed by atoms with E-state index in [1.807, 2.05) is 31.9 Å². The number of amides is 1. The van der Waals surface area contributed by atoms with Crippen molar-refractivity contribution in [1.29, 1.82) is 0 Å². The van der Waals surface area contributed by atoms with Gasteiger partial charge in [-0.15, -0.1) is 0 Å². The van der Waals surface area contributed by atoms with E-state index in [-0.39, 0.29) is 6.09 Å². The third-order valence-electron chi connectivity index (χ3n) is 6.24. The van der Waals surface area contributed by atoms with Crippen LogP contribution in [0.2, 0.25) is 0 Å². The summed E-state index contributed by atoms with van der Waals surface area (Å²) < 4.78 is 7.84. The molecule has 0 saturated carbocycles. The first-order chi connectivity index (χ1) is 14.9. The van der Waals surface area contributed by atoms with Crippen LogP contribution < -0.4 is 0 Å². The zero-order valence-electron chi connectivity index (χ0n) is 18.5. The molecular weight excluding hydrogens is 386 g/mol. The monoisotopic (exact) mass is 415 g/mol. The zero-order chi connectivity index (χ0) is 21.6. The SMILES string of the molecule is CC(C)(C)OC(=O)N1CCC(n2ccc(-c3ccnc4c3-c3ccccc3C4)c2)CC1. The van der Waals surface area contributed by atoms with Crippen molar-refractivity contribution in [3.8, 4) is 22.3 Å². The van der Waals surface area contributed by atoms with E-state index in [0.717, 1.165) is 38.0 Å². The maximum Gasteiger partial charge on any atom is 0.410 e. The minimum Gasteiger partial charge on any atom is -0.444 e. The number of fused-ring (bicyclic) bond motifs is 3. The average molecular weight is 416 g/mol. The molecule has 5 rings (SSSR count). The Kier molecular flexibility index (Phi) is 4.84. The van der Waals surface area contributed by atoms with Crippen LogP contribution in [0.4, 0.5) is 4.79 Å². The van der Waals surface area contributed by atoms with Crippen LogP contribution in [-0.2, 0) is 11.2 Å². The van der Waals surface area contributed by atoms with E-state index < -0.39 is 5.60 Å². The van der Waals surface area contributed by atoms with Crippen molar-refractivity contribution in [2.24, 2.45) is 0 Å². The molecule has 0 unspecified atom stereocenters. The molecule has 0 N–H and O–H groups in total. The molecule has 2 aromatic heterocycles.